The van der Waals surface area contributed by atoms with Crippen LogP contribution < -0.4 is 10.1 Å². The molecule has 0 aromatic heterocycles. The van der Waals surface area contributed by atoms with Gasteiger partial charge in [0, 0.05) is 10.6 Å². The number of thioether (sulfide) groups is 1. The van der Waals surface area contributed by atoms with Crippen molar-refractivity contribution in [3.63, 3.8) is 0 Å². The number of hydrogen-bond donors (Lipinski definition) is 1. The maximum atomic E-state index is 5.59. The van der Waals surface area contributed by atoms with Crippen LogP contribution in [0.5, 0.6) is 5.75 Å². The molecular formula is C23H21NOS. The SMILES string of the molecule is CCOc1ccc([C@H]2C=C(c3ccccc3)Nc3ccccc3S2)cc1. The van der Waals surface area contributed by atoms with E-state index in [1.54, 1.807) is 0 Å². The first-order valence-corrected chi connectivity index (χ1v) is 9.74. The summed E-state index contributed by atoms with van der Waals surface area (Å²) >= 11 is 1.87. The van der Waals surface area contributed by atoms with E-state index in [-0.39, 0.29) is 5.25 Å². The van der Waals surface area contributed by atoms with E-state index in [0.29, 0.717) is 6.61 Å². The Balaban J connectivity index is 1.74. The zero-order valence-electron chi connectivity index (χ0n) is 14.7. The van der Waals surface area contributed by atoms with Crippen LogP contribution in [0.4, 0.5) is 5.69 Å². The molecule has 0 radical (unpaired) electrons. The van der Waals surface area contributed by atoms with E-state index in [0.717, 1.165) is 17.1 Å². The second kappa shape index (κ2) is 7.71. The summed E-state index contributed by atoms with van der Waals surface area (Å²) in [6, 6.07) is 27.4. The smallest absolute Gasteiger partial charge is 0.119 e. The number of rotatable bonds is 4. The summed E-state index contributed by atoms with van der Waals surface area (Å²) in [4.78, 5) is 1.26. The zero-order valence-corrected chi connectivity index (χ0v) is 15.5. The van der Waals surface area contributed by atoms with Gasteiger partial charge >= 0.3 is 0 Å². The average Bonchev–Trinajstić information content (AvgIpc) is 2.89. The Kier molecular flexibility index (Phi) is 4.98. The third kappa shape index (κ3) is 3.63. The second-order valence-corrected chi connectivity index (χ2v) is 7.29. The van der Waals surface area contributed by atoms with Crippen molar-refractivity contribution in [1.82, 2.24) is 0 Å². The highest BCUT2D eigenvalue weighted by Gasteiger charge is 2.19. The molecule has 0 aliphatic carbocycles. The largest absolute Gasteiger partial charge is 0.494 e. The summed E-state index contributed by atoms with van der Waals surface area (Å²) in [5.74, 6) is 0.917. The van der Waals surface area contributed by atoms with E-state index in [4.69, 9.17) is 4.74 Å². The number of hydrogen-bond acceptors (Lipinski definition) is 3. The van der Waals surface area contributed by atoms with Gasteiger partial charge in [-0.2, -0.15) is 0 Å². The average molecular weight is 359 g/mol. The highest BCUT2D eigenvalue weighted by Crippen LogP contribution is 2.44. The molecule has 1 aliphatic rings. The van der Waals surface area contributed by atoms with Gasteiger partial charge in [-0.25, -0.2) is 0 Å². The van der Waals surface area contributed by atoms with E-state index >= 15 is 0 Å². The molecule has 0 bridgehead atoms. The Hall–Kier alpha value is -2.65. The Morgan fingerprint density at radius 2 is 1.62 bits per heavy atom. The summed E-state index contributed by atoms with van der Waals surface area (Å²) in [6.45, 7) is 2.69. The predicted octanol–water partition coefficient (Wildman–Crippen LogP) is 6.39. The molecule has 2 nitrogen and oxygen atoms in total. The summed E-state index contributed by atoms with van der Waals surface area (Å²) in [6.07, 6.45) is 2.32. The van der Waals surface area contributed by atoms with Gasteiger partial charge in [-0.3, -0.25) is 0 Å². The van der Waals surface area contributed by atoms with Gasteiger partial charge in [0.2, 0.25) is 0 Å². The molecule has 0 saturated carbocycles. The van der Waals surface area contributed by atoms with Gasteiger partial charge in [-0.05, 0) is 48.4 Å². The third-order valence-corrected chi connectivity index (χ3v) is 5.60. The van der Waals surface area contributed by atoms with E-state index in [9.17, 15) is 0 Å². The van der Waals surface area contributed by atoms with Crippen LogP contribution >= 0.6 is 11.8 Å². The van der Waals surface area contributed by atoms with Gasteiger partial charge in [0.15, 0.2) is 0 Å². The molecule has 0 spiro atoms. The summed E-state index contributed by atoms with van der Waals surface area (Å²) < 4.78 is 5.59. The van der Waals surface area contributed by atoms with E-state index in [1.165, 1.54) is 16.0 Å². The van der Waals surface area contributed by atoms with Crippen LogP contribution in [0.1, 0.15) is 23.3 Å². The van der Waals surface area contributed by atoms with Gasteiger partial charge in [0.25, 0.3) is 0 Å². The van der Waals surface area contributed by atoms with Crippen molar-refractivity contribution >= 4 is 23.1 Å². The lowest BCUT2D eigenvalue weighted by atomic mass is 10.1. The molecule has 1 heterocycles. The van der Waals surface area contributed by atoms with Gasteiger partial charge in [0.1, 0.15) is 5.75 Å². The highest BCUT2D eigenvalue weighted by atomic mass is 32.2. The highest BCUT2D eigenvalue weighted by molar-refractivity contribution is 7.99. The number of nitrogens with one attached hydrogen (secondary N) is 1. The molecular weight excluding hydrogens is 338 g/mol. The molecule has 26 heavy (non-hydrogen) atoms. The first kappa shape index (κ1) is 16.8. The molecule has 3 heteroatoms. The molecule has 130 valence electrons. The first-order valence-electron chi connectivity index (χ1n) is 8.86. The molecule has 3 aromatic rings. The first-order chi connectivity index (χ1) is 12.8. The molecule has 0 fully saturated rings. The molecule has 0 saturated heterocycles. The Labute approximate surface area is 158 Å². The number of anilines is 1. The zero-order chi connectivity index (χ0) is 17.8. The molecule has 1 N–H and O–H groups in total. The fraction of sp³-hybridized carbons (Fsp3) is 0.130. The molecule has 1 atom stereocenters. The van der Waals surface area contributed by atoms with Crippen molar-refractivity contribution in [2.24, 2.45) is 0 Å². The van der Waals surface area contributed by atoms with Crippen molar-refractivity contribution in [3.05, 3.63) is 96.1 Å². The summed E-state index contributed by atoms with van der Waals surface area (Å²) in [5, 5.41) is 3.86. The van der Waals surface area contributed by atoms with Crippen LogP contribution in [0.3, 0.4) is 0 Å². The van der Waals surface area contributed by atoms with Crippen LogP contribution in [0.25, 0.3) is 5.70 Å². The molecule has 1 aliphatic heterocycles. The minimum absolute atomic E-state index is 0.233. The van der Waals surface area contributed by atoms with Gasteiger partial charge < -0.3 is 10.1 Å². The van der Waals surface area contributed by atoms with E-state index in [1.807, 2.05) is 24.8 Å². The predicted molar refractivity (Wildman–Crippen MR) is 111 cm³/mol. The normalized spacial score (nSPS) is 16.0. The van der Waals surface area contributed by atoms with Crippen LogP contribution in [-0.4, -0.2) is 6.61 Å². The van der Waals surface area contributed by atoms with Crippen molar-refractivity contribution < 1.29 is 4.74 Å². The van der Waals surface area contributed by atoms with E-state index < -0.39 is 0 Å². The Morgan fingerprint density at radius 1 is 0.885 bits per heavy atom. The van der Waals surface area contributed by atoms with Gasteiger partial charge in [-0.15, -0.1) is 11.8 Å². The topological polar surface area (TPSA) is 21.3 Å². The van der Waals surface area contributed by atoms with Crippen LogP contribution in [0, 0.1) is 0 Å². The van der Waals surface area contributed by atoms with Crippen molar-refractivity contribution in [1.29, 1.82) is 0 Å². The number of ether oxygens (including phenoxy) is 1. The van der Waals surface area contributed by atoms with Gasteiger partial charge in [-0.1, -0.05) is 54.6 Å². The Bertz CT molecular complexity index is 903. The monoisotopic (exact) mass is 359 g/mol. The fourth-order valence-electron chi connectivity index (χ4n) is 3.05. The molecule has 4 rings (SSSR count). The summed E-state index contributed by atoms with van der Waals surface area (Å²) in [7, 11) is 0. The quantitative estimate of drug-likeness (QED) is 0.583. The van der Waals surface area contributed by atoms with Crippen LogP contribution in [0.15, 0.2) is 89.8 Å². The van der Waals surface area contributed by atoms with Crippen molar-refractivity contribution in [2.75, 3.05) is 11.9 Å². The number of fused-ring (bicyclic) bond motifs is 1. The summed E-state index contributed by atoms with van der Waals surface area (Å²) in [5.41, 5.74) is 4.76. The molecule has 0 unspecified atom stereocenters. The lowest BCUT2D eigenvalue weighted by Crippen LogP contribution is -1.99. The fourth-order valence-corrected chi connectivity index (χ4v) is 4.23. The minimum Gasteiger partial charge on any atom is -0.494 e. The second-order valence-electron chi connectivity index (χ2n) is 6.11. The maximum Gasteiger partial charge on any atom is 0.119 e. The standard InChI is InChI=1S/C23H21NOS/c1-2-25-19-14-12-18(13-15-19)23-16-21(17-8-4-3-5-9-17)24-20-10-6-7-11-22(20)26-23/h3-16,23-24H,2H2,1H3/t23-/m1/s1. The third-order valence-electron chi connectivity index (χ3n) is 4.33. The lowest BCUT2D eigenvalue weighted by Gasteiger charge is -2.13. The minimum atomic E-state index is 0.233. The van der Waals surface area contributed by atoms with Crippen LogP contribution in [-0.2, 0) is 0 Å². The Morgan fingerprint density at radius 3 is 2.38 bits per heavy atom. The van der Waals surface area contributed by atoms with E-state index in [2.05, 4.69) is 84.2 Å². The maximum absolute atomic E-state index is 5.59. The van der Waals surface area contributed by atoms with Crippen molar-refractivity contribution in [2.45, 2.75) is 17.1 Å². The van der Waals surface area contributed by atoms with Gasteiger partial charge in [0.05, 0.1) is 17.5 Å². The number of benzene rings is 3. The molecule has 0 amide bonds. The van der Waals surface area contributed by atoms with Crippen LogP contribution in [0.2, 0.25) is 0 Å². The molecule has 3 aromatic carbocycles. The lowest BCUT2D eigenvalue weighted by molar-refractivity contribution is 0.340. The number of para-hydroxylation sites is 1. The van der Waals surface area contributed by atoms with Crippen molar-refractivity contribution in [3.8, 4) is 5.75 Å².